The van der Waals surface area contributed by atoms with E-state index in [1.165, 1.54) is 5.57 Å². The Kier molecular flexibility index (Phi) is 2.90. The van der Waals surface area contributed by atoms with Crippen LogP contribution in [0, 0.1) is 0 Å². The second-order valence-corrected chi connectivity index (χ2v) is 3.85. The second kappa shape index (κ2) is 3.74. The predicted molar refractivity (Wildman–Crippen MR) is 51.3 cm³/mol. The van der Waals surface area contributed by atoms with Gasteiger partial charge in [0, 0.05) is 12.6 Å². The number of allylic oxidation sites excluding steroid dienone is 2. The molecule has 0 spiro atoms. The van der Waals surface area contributed by atoms with Crippen molar-refractivity contribution in [1.82, 2.24) is 0 Å². The molecule has 0 bridgehead atoms. The van der Waals surface area contributed by atoms with Crippen LogP contribution in [0.5, 0.6) is 0 Å². The monoisotopic (exact) mass is 167 g/mol. The van der Waals surface area contributed by atoms with Gasteiger partial charge in [-0.05, 0) is 33.6 Å². The zero-order valence-corrected chi connectivity index (χ0v) is 8.13. The standard InChI is InChI=1S/C10H17NO/c1-9(2)5-4-6-10(3)7-8-11-12-10/h5,8H,4,6-7H2,1-3H3. The maximum Gasteiger partial charge on any atom is 0.140 e. The molecule has 1 rings (SSSR count). The molecule has 1 atom stereocenters. The molecule has 1 aliphatic rings. The minimum atomic E-state index is -0.0358. The van der Waals surface area contributed by atoms with E-state index >= 15 is 0 Å². The third kappa shape index (κ3) is 2.68. The van der Waals surface area contributed by atoms with Crippen LogP contribution in [-0.4, -0.2) is 11.8 Å². The lowest BCUT2D eigenvalue weighted by Crippen LogP contribution is -2.22. The first kappa shape index (κ1) is 9.30. The van der Waals surface area contributed by atoms with Crippen molar-refractivity contribution in [2.24, 2.45) is 5.16 Å². The van der Waals surface area contributed by atoms with Gasteiger partial charge in [-0.1, -0.05) is 16.8 Å². The van der Waals surface area contributed by atoms with E-state index < -0.39 is 0 Å². The summed E-state index contributed by atoms with van der Waals surface area (Å²) in [4.78, 5) is 5.26. The van der Waals surface area contributed by atoms with Crippen molar-refractivity contribution in [3.05, 3.63) is 11.6 Å². The first-order valence-electron chi connectivity index (χ1n) is 4.46. The molecular formula is C10H17NO. The average Bonchev–Trinajstić information content (AvgIpc) is 2.35. The van der Waals surface area contributed by atoms with Crippen LogP contribution in [0.3, 0.4) is 0 Å². The summed E-state index contributed by atoms with van der Waals surface area (Å²) < 4.78 is 0. The van der Waals surface area contributed by atoms with Crippen molar-refractivity contribution in [2.45, 2.75) is 45.6 Å². The van der Waals surface area contributed by atoms with Gasteiger partial charge in [0.05, 0.1) is 0 Å². The molecule has 0 saturated carbocycles. The van der Waals surface area contributed by atoms with Gasteiger partial charge in [0.1, 0.15) is 5.60 Å². The molecule has 0 amide bonds. The van der Waals surface area contributed by atoms with Gasteiger partial charge < -0.3 is 4.84 Å². The zero-order valence-electron chi connectivity index (χ0n) is 8.13. The van der Waals surface area contributed by atoms with Gasteiger partial charge in [-0.2, -0.15) is 0 Å². The molecule has 2 nitrogen and oxygen atoms in total. The van der Waals surface area contributed by atoms with Gasteiger partial charge in [-0.15, -0.1) is 0 Å². The molecule has 1 aliphatic heterocycles. The molecule has 2 heteroatoms. The van der Waals surface area contributed by atoms with Crippen LogP contribution in [0.25, 0.3) is 0 Å². The molecule has 0 N–H and O–H groups in total. The summed E-state index contributed by atoms with van der Waals surface area (Å²) in [6.45, 7) is 6.35. The summed E-state index contributed by atoms with van der Waals surface area (Å²) in [6.07, 6.45) is 7.18. The summed E-state index contributed by atoms with van der Waals surface area (Å²) in [5.41, 5.74) is 1.34. The van der Waals surface area contributed by atoms with E-state index in [2.05, 4.69) is 32.0 Å². The Hall–Kier alpha value is -0.790. The Morgan fingerprint density at radius 2 is 2.42 bits per heavy atom. The third-order valence-corrected chi connectivity index (χ3v) is 2.10. The fourth-order valence-electron chi connectivity index (χ4n) is 1.25. The Morgan fingerprint density at radius 3 is 2.92 bits per heavy atom. The van der Waals surface area contributed by atoms with Crippen LogP contribution < -0.4 is 0 Å². The number of oxime groups is 1. The average molecular weight is 167 g/mol. The number of nitrogens with zero attached hydrogens (tertiary/aromatic N) is 1. The molecule has 0 aromatic rings. The van der Waals surface area contributed by atoms with E-state index in [9.17, 15) is 0 Å². The van der Waals surface area contributed by atoms with Crippen molar-refractivity contribution < 1.29 is 4.84 Å². The van der Waals surface area contributed by atoms with Crippen molar-refractivity contribution in [3.63, 3.8) is 0 Å². The molecule has 0 aromatic heterocycles. The van der Waals surface area contributed by atoms with Crippen LogP contribution in [0.4, 0.5) is 0 Å². The van der Waals surface area contributed by atoms with Crippen molar-refractivity contribution in [3.8, 4) is 0 Å². The van der Waals surface area contributed by atoms with E-state index in [-0.39, 0.29) is 5.60 Å². The van der Waals surface area contributed by atoms with E-state index in [4.69, 9.17) is 4.84 Å². The van der Waals surface area contributed by atoms with E-state index in [0.717, 1.165) is 19.3 Å². The van der Waals surface area contributed by atoms with Crippen molar-refractivity contribution in [2.75, 3.05) is 0 Å². The quantitative estimate of drug-likeness (QED) is 0.592. The van der Waals surface area contributed by atoms with Gasteiger partial charge in [0.25, 0.3) is 0 Å². The van der Waals surface area contributed by atoms with Crippen LogP contribution in [0.1, 0.15) is 40.0 Å². The highest BCUT2D eigenvalue weighted by atomic mass is 16.7. The molecule has 0 aromatic carbocycles. The third-order valence-electron chi connectivity index (χ3n) is 2.10. The fraction of sp³-hybridized carbons (Fsp3) is 0.700. The second-order valence-electron chi connectivity index (χ2n) is 3.85. The summed E-state index contributed by atoms with van der Waals surface area (Å²) >= 11 is 0. The van der Waals surface area contributed by atoms with Crippen molar-refractivity contribution in [1.29, 1.82) is 0 Å². The largest absolute Gasteiger partial charge is 0.389 e. The lowest BCUT2D eigenvalue weighted by molar-refractivity contribution is -0.00903. The van der Waals surface area contributed by atoms with Gasteiger partial charge in [-0.25, -0.2) is 0 Å². The lowest BCUT2D eigenvalue weighted by Gasteiger charge is -2.19. The van der Waals surface area contributed by atoms with E-state index in [1.54, 1.807) is 0 Å². The molecule has 12 heavy (non-hydrogen) atoms. The van der Waals surface area contributed by atoms with Crippen LogP contribution in [-0.2, 0) is 4.84 Å². The Morgan fingerprint density at radius 1 is 1.67 bits per heavy atom. The van der Waals surface area contributed by atoms with Crippen LogP contribution in [0.2, 0.25) is 0 Å². The van der Waals surface area contributed by atoms with E-state index in [0.29, 0.717) is 0 Å². The highest BCUT2D eigenvalue weighted by Crippen LogP contribution is 2.25. The van der Waals surface area contributed by atoms with Gasteiger partial charge in [-0.3, -0.25) is 0 Å². The number of hydrogen-bond donors (Lipinski definition) is 0. The number of rotatable bonds is 3. The summed E-state index contributed by atoms with van der Waals surface area (Å²) in [5, 5.41) is 3.79. The first-order valence-corrected chi connectivity index (χ1v) is 4.46. The zero-order chi connectivity index (χ0) is 9.03. The number of hydrogen-bond acceptors (Lipinski definition) is 2. The normalized spacial score (nSPS) is 26.9. The summed E-state index contributed by atoms with van der Waals surface area (Å²) in [5.74, 6) is 0. The Labute approximate surface area is 74.3 Å². The minimum Gasteiger partial charge on any atom is -0.389 e. The molecule has 0 saturated heterocycles. The Bertz CT molecular complexity index is 194. The van der Waals surface area contributed by atoms with Gasteiger partial charge >= 0.3 is 0 Å². The molecule has 1 heterocycles. The fourth-order valence-corrected chi connectivity index (χ4v) is 1.25. The first-order chi connectivity index (χ1) is 5.62. The van der Waals surface area contributed by atoms with Gasteiger partial charge in [0.2, 0.25) is 0 Å². The van der Waals surface area contributed by atoms with Gasteiger partial charge in [0.15, 0.2) is 0 Å². The highest BCUT2D eigenvalue weighted by molar-refractivity contribution is 5.59. The smallest absolute Gasteiger partial charge is 0.140 e. The maximum atomic E-state index is 5.26. The topological polar surface area (TPSA) is 21.6 Å². The molecule has 0 fully saturated rings. The highest BCUT2D eigenvalue weighted by Gasteiger charge is 2.27. The van der Waals surface area contributed by atoms with Crippen LogP contribution in [0.15, 0.2) is 16.8 Å². The Balaban J connectivity index is 2.27. The molecule has 0 radical (unpaired) electrons. The minimum absolute atomic E-state index is 0.0358. The van der Waals surface area contributed by atoms with Crippen LogP contribution >= 0.6 is 0 Å². The lowest BCUT2D eigenvalue weighted by atomic mass is 9.97. The van der Waals surface area contributed by atoms with E-state index in [1.807, 2.05) is 6.21 Å². The van der Waals surface area contributed by atoms with Crippen molar-refractivity contribution >= 4 is 6.21 Å². The SMILES string of the molecule is CC(C)=CCCC1(C)CC=NO1. The molecule has 68 valence electrons. The molecular weight excluding hydrogens is 150 g/mol. The molecule has 0 aliphatic carbocycles. The summed E-state index contributed by atoms with van der Waals surface area (Å²) in [7, 11) is 0. The summed E-state index contributed by atoms with van der Waals surface area (Å²) in [6, 6.07) is 0. The molecule has 1 unspecified atom stereocenters. The maximum absolute atomic E-state index is 5.26. The predicted octanol–water partition coefficient (Wildman–Crippen LogP) is 2.90.